The highest BCUT2D eigenvalue weighted by atomic mass is 35.5. The van der Waals surface area contributed by atoms with Gasteiger partial charge in [-0.25, -0.2) is 4.98 Å². The van der Waals surface area contributed by atoms with Crippen molar-refractivity contribution in [3.05, 3.63) is 46.8 Å². The molecule has 1 aromatic carbocycles. The average molecular weight is 366 g/mol. The summed E-state index contributed by atoms with van der Waals surface area (Å²) in [5, 5.41) is 3.91. The van der Waals surface area contributed by atoms with Crippen LogP contribution in [0.1, 0.15) is 0 Å². The van der Waals surface area contributed by atoms with E-state index in [4.69, 9.17) is 23.2 Å². The minimum absolute atomic E-state index is 0.0340. The van der Waals surface area contributed by atoms with Crippen molar-refractivity contribution in [2.24, 2.45) is 0 Å². The summed E-state index contributed by atoms with van der Waals surface area (Å²) in [7, 11) is 0. The van der Waals surface area contributed by atoms with E-state index >= 15 is 0 Å². The van der Waals surface area contributed by atoms with Crippen molar-refractivity contribution in [1.82, 2.24) is 14.9 Å². The Morgan fingerprint density at radius 1 is 1.08 bits per heavy atom. The molecular formula is C16H17Cl2N5O. The molecule has 1 fully saturated rings. The van der Waals surface area contributed by atoms with Gasteiger partial charge in [-0.2, -0.15) is 0 Å². The van der Waals surface area contributed by atoms with E-state index in [-0.39, 0.29) is 5.91 Å². The summed E-state index contributed by atoms with van der Waals surface area (Å²) in [6.45, 7) is 3.48. The second kappa shape index (κ2) is 7.79. The number of hydrogen-bond donors (Lipinski definition) is 1. The molecule has 8 heteroatoms. The van der Waals surface area contributed by atoms with Crippen molar-refractivity contribution in [3.63, 3.8) is 0 Å². The Balaban J connectivity index is 1.48. The van der Waals surface area contributed by atoms with Crippen molar-refractivity contribution in [1.29, 1.82) is 0 Å². The number of carbonyl (C=O) groups excluding carboxylic acids is 1. The third kappa shape index (κ3) is 4.56. The van der Waals surface area contributed by atoms with Gasteiger partial charge < -0.3 is 10.2 Å². The SMILES string of the molecule is O=C(CN1CCN(c2cncc(Cl)n2)CC1)Nc1ccc(Cl)cc1. The molecule has 0 radical (unpaired) electrons. The predicted molar refractivity (Wildman–Crippen MR) is 95.8 cm³/mol. The lowest BCUT2D eigenvalue weighted by molar-refractivity contribution is -0.117. The van der Waals surface area contributed by atoms with Gasteiger partial charge in [-0.15, -0.1) is 0 Å². The Kier molecular flexibility index (Phi) is 5.50. The van der Waals surface area contributed by atoms with E-state index in [1.165, 1.54) is 6.20 Å². The molecule has 1 aliphatic rings. The first-order valence-electron chi connectivity index (χ1n) is 7.60. The highest BCUT2D eigenvalue weighted by Crippen LogP contribution is 2.16. The van der Waals surface area contributed by atoms with Crippen LogP contribution in [0.25, 0.3) is 0 Å². The summed E-state index contributed by atoms with van der Waals surface area (Å²) in [5.41, 5.74) is 0.747. The fourth-order valence-corrected chi connectivity index (χ4v) is 2.83. The van der Waals surface area contributed by atoms with Gasteiger partial charge in [-0.05, 0) is 24.3 Å². The fraction of sp³-hybridized carbons (Fsp3) is 0.312. The first-order valence-corrected chi connectivity index (χ1v) is 8.36. The second-order valence-corrected chi connectivity index (χ2v) is 6.34. The molecule has 0 saturated carbocycles. The number of anilines is 2. The van der Waals surface area contributed by atoms with E-state index in [0.717, 1.165) is 37.7 Å². The van der Waals surface area contributed by atoms with Crippen LogP contribution < -0.4 is 10.2 Å². The van der Waals surface area contributed by atoms with Crippen LogP contribution in [0.4, 0.5) is 11.5 Å². The Hall–Kier alpha value is -1.89. The summed E-state index contributed by atoms with van der Waals surface area (Å²) >= 11 is 11.7. The number of rotatable bonds is 4. The van der Waals surface area contributed by atoms with Gasteiger partial charge in [0, 0.05) is 36.9 Å². The summed E-state index contributed by atoms with van der Waals surface area (Å²) in [5.74, 6) is 0.737. The number of carbonyl (C=O) groups is 1. The molecule has 0 bridgehead atoms. The van der Waals surface area contributed by atoms with Crippen LogP contribution in [0.5, 0.6) is 0 Å². The molecule has 2 heterocycles. The largest absolute Gasteiger partial charge is 0.353 e. The van der Waals surface area contributed by atoms with E-state index in [0.29, 0.717) is 16.7 Å². The number of aromatic nitrogens is 2. The lowest BCUT2D eigenvalue weighted by Gasteiger charge is -2.34. The monoisotopic (exact) mass is 365 g/mol. The molecule has 1 N–H and O–H groups in total. The van der Waals surface area contributed by atoms with E-state index in [9.17, 15) is 4.79 Å². The van der Waals surface area contributed by atoms with Gasteiger partial charge in [0.1, 0.15) is 11.0 Å². The van der Waals surface area contributed by atoms with E-state index in [1.54, 1.807) is 30.5 Å². The third-order valence-electron chi connectivity index (χ3n) is 3.78. The number of hydrogen-bond acceptors (Lipinski definition) is 5. The topological polar surface area (TPSA) is 61.4 Å². The van der Waals surface area contributed by atoms with Crippen molar-refractivity contribution < 1.29 is 4.79 Å². The molecule has 6 nitrogen and oxygen atoms in total. The minimum Gasteiger partial charge on any atom is -0.353 e. The molecule has 0 unspecified atom stereocenters. The highest BCUT2D eigenvalue weighted by molar-refractivity contribution is 6.30. The Morgan fingerprint density at radius 2 is 1.79 bits per heavy atom. The number of amides is 1. The molecule has 1 aromatic heterocycles. The average Bonchev–Trinajstić information content (AvgIpc) is 2.58. The van der Waals surface area contributed by atoms with Crippen molar-refractivity contribution >= 4 is 40.6 Å². The van der Waals surface area contributed by atoms with Crippen LogP contribution >= 0.6 is 23.2 Å². The van der Waals surface area contributed by atoms with Crippen molar-refractivity contribution in [3.8, 4) is 0 Å². The molecule has 0 atom stereocenters. The van der Waals surface area contributed by atoms with Gasteiger partial charge in [0.2, 0.25) is 5.91 Å². The second-order valence-electron chi connectivity index (χ2n) is 5.52. The predicted octanol–water partition coefficient (Wildman–Crippen LogP) is 2.54. The van der Waals surface area contributed by atoms with E-state index < -0.39 is 0 Å². The molecule has 3 rings (SSSR count). The number of nitrogens with zero attached hydrogens (tertiary/aromatic N) is 4. The van der Waals surface area contributed by atoms with Crippen LogP contribution in [0.3, 0.4) is 0 Å². The van der Waals surface area contributed by atoms with Crippen LogP contribution in [0, 0.1) is 0 Å². The standard InChI is InChI=1S/C16H17Cl2N5O/c17-12-1-3-13(4-2-12)20-16(24)11-22-5-7-23(8-6-22)15-10-19-9-14(18)21-15/h1-4,9-10H,5-8,11H2,(H,20,24). The van der Waals surface area contributed by atoms with E-state index in [1.807, 2.05) is 0 Å². The fourth-order valence-electron chi connectivity index (χ4n) is 2.56. The van der Waals surface area contributed by atoms with Gasteiger partial charge in [0.05, 0.1) is 18.9 Å². The quantitative estimate of drug-likeness (QED) is 0.901. The van der Waals surface area contributed by atoms with Crippen LogP contribution in [0.2, 0.25) is 10.2 Å². The maximum Gasteiger partial charge on any atom is 0.238 e. The van der Waals surface area contributed by atoms with E-state index in [2.05, 4.69) is 25.1 Å². The van der Waals surface area contributed by atoms with Crippen LogP contribution in [-0.2, 0) is 4.79 Å². The smallest absolute Gasteiger partial charge is 0.238 e. The van der Waals surface area contributed by atoms with Gasteiger partial charge in [0.25, 0.3) is 0 Å². The minimum atomic E-state index is -0.0340. The lowest BCUT2D eigenvalue weighted by atomic mass is 10.3. The third-order valence-corrected chi connectivity index (χ3v) is 4.22. The first-order chi connectivity index (χ1) is 11.6. The Labute approximate surface area is 150 Å². The first kappa shape index (κ1) is 17.0. The molecule has 2 aromatic rings. The summed E-state index contributed by atoms with van der Waals surface area (Å²) in [6.07, 6.45) is 3.22. The van der Waals surface area contributed by atoms with Gasteiger partial charge in [-0.3, -0.25) is 14.7 Å². The molecule has 1 saturated heterocycles. The lowest BCUT2D eigenvalue weighted by Crippen LogP contribution is -2.49. The van der Waals surface area contributed by atoms with Gasteiger partial charge >= 0.3 is 0 Å². The zero-order valence-electron chi connectivity index (χ0n) is 13.0. The zero-order valence-corrected chi connectivity index (χ0v) is 14.5. The summed E-state index contributed by atoms with van der Waals surface area (Å²) in [4.78, 5) is 24.7. The number of piperazine rings is 1. The zero-order chi connectivity index (χ0) is 16.9. The highest BCUT2D eigenvalue weighted by Gasteiger charge is 2.20. The number of nitrogens with one attached hydrogen (secondary N) is 1. The van der Waals surface area contributed by atoms with Crippen molar-refractivity contribution in [2.75, 3.05) is 42.9 Å². The maximum atomic E-state index is 12.1. The molecule has 24 heavy (non-hydrogen) atoms. The maximum absolute atomic E-state index is 12.1. The molecule has 0 spiro atoms. The Morgan fingerprint density at radius 3 is 2.46 bits per heavy atom. The van der Waals surface area contributed by atoms with Gasteiger partial charge in [0.15, 0.2) is 0 Å². The number of benzene rings is 1. The summed E-state index contributed by atoms with van der Waals surface area (Å²) in [6, 6.07) is 7.08. The molecule has 1 aliphatic heterocycles. The molecule has 126 valence electrons. The Bertz CT molecular complexity index is 702. The van der Waals surface area contributed by atoms with Crippen molar-refractivity contribution in [2.45, 2.75) is 0 Å². The summed E-state index contributed by atoms with van der Waals surface area (Å²) < 4.78 is 0. The number of halogens is 2. The van der Waals surface area contributed by atoms with Crippen LogP contribution in [0.15, 0.2) is 36.7 Å². The molecular weight excluding hydrogens is 349 g/mol. The molecule has 0 aliphatic carbocycles. The van der Waals surface area contributed by atoms with Gasteiger partial charge in [-0.1, -0.05) is 23.2 Å². The van der Waals surface area contributed by atoms with Crippen LogP contribution in [-0.4, -0.2) is 53.5 Å². The normalized spacial score (nSPS) is 15.3. The molecule has 1 amide bonds.